The number of methoxy groups -OCH3 is 1. The van der Waals surface area contributed by atoms with Gasteiger partial charge in [-0.25, -0.2) is 0 Å². The Kier molecular flexibility index (Phi) is 4.87. The highest BCUT2D eigenvalue weighted by molar-refractivity contribution is 5.35. The van der Waals surface area contributed by atoms with Crippen molar-refractivity contribution in [1.29, 1.82) is 0 Å². The van der Waals surface area contributed by atoms with Crippen LogP contribution in [0.25, 0.3) is 0 Å². The third kappa shape index (κ3) is 3.38. The van der Waals surface area contributed by atoms with Gasteiger partial charge in [0.25, 0.3) is 0 Å². The molecule has 1 aromatic rings. The molecular weight excluding hydrogens is 190 g/mol. The predicted molar refractivity (Wildman–Crippen MR) is 60.7 cm³/mol. The van der Waals surface area contributed by atoms with Crippen molar-refractivity contribution in [2.24, 2.45) is 5.73 Å². The molecule has 0 spiro atoms. The van der Waals surface area contributed by atoms with E-state index < -0.39 is 0 Å². The SMILES string of the molecule is C=CC[C@H](N)c1ccccc1OCOC. The van der Waals surface area contributed by atoms with Gasteiger partial charge in [-0.05, 0) is 12.5 Å². The monoisotopic (exact) mass is 207 g/mol. The van der Waals surface area contributed by atoms with Crippen LogP contribution in [0.4, 0.5) is 0 Å². The zero-order valence-electron chi connectivity index (χ0n) is 8.98. The van der Waals surface area contributed by atoms with E-state index in [1.807, 2.05) is 24.3 Å². The molecule has 0 radical (unpaired) electrons. The molecule has 1 atom stereocenters. The van der Waals surface area contributed by atoms with Crippen LogP contribution in [0.3, 0.4) is 0 Å². The lowest BCUT2D eigenvalue weighted by Gasteiger charge is -2.15. The summed E-state index contributed by atoms with van der Waals surface area (Å²) in [5, 5.41) is 0. The van der Waals surface area contributed by atoms with Crippen LogP contribution in [0.2, 0.25) is 0 Å². The Balaban J connectivity index is 2.80. The third-order valence-electron chi connectivity index (χ3n) is 2.07. The molecule has 0 unspecified atom stereocenters. The molecule has 1 aromatic carbocycles. The van der Waals surface area contributed by atoms with Gasteiger partial charge in [-0.3, -0.25) is 0 Å². The van der Waals surface area contributed by atoms with Crippen molar-refractivity contribution < 1.29 is 9.47 Å². The zero-order chi connectivity index (χ0) is 11.1. The Bertz CT molecular complexity index is 312. The van der Waals surface area contributed by atoms with E-state index in [9.17, 15) is 0 Å². The van der Waals surface area contributed by atoms with Crippen LogP contribution in [0.5, 0.6) is 5.75 Å². The molecule has 1 rings (SSSR count). The van der Waals surface area contributed by atoms with Gasteiger partial charge in [0.1, 0.15) is 5.75 Å². The van der Waals surface area contributed by atoms with Gasteiger partial charge < -0.3 is 15.2 Å². The van der Waals surface area contributed by atoms with Gasteiger partial charge in [0.2, 0.25) is 0 Å². The lowest BCUT2D eigenvalue weighted by Crippen LogP contribution is -2.11. The van der Waals surface area contributed by atoms with Crippen molar-refractivity contribution in [3.8, 4) is 5.75 Å². The largest absolute Gasteiger partial charge is 0.467 e. The maximum atomic E-state index is 5.99. The van der Waals surface area contributed by atoms with Gasteiger partial charge in [0.05, 0.1) is 0 Å². The summed E-state index contributed by atoms with van der Waals surface area (Å²) < 4.78 is 10.3. The van der Waals surface area contributed by atoms with Crippen LogP contribution in [0.15, 0.2) is 36.9 Å². The topological polar surface area (TPSA) is 44.5 Å². The molecular formula is C12H17NO2. The van der Waals surface area contributed by atoms with Crippen LogP contribution in [-0.4, -0.2) is 13.9 Å². The highest BCUT2D eigenvalue weighted by Crippen LogP contribution is 2.25. The molecule has 82 valence electrons. The predicted octanol–water partition coefficient (Wildman–Crippen LogP) is 2.25. The Morgan fingerprint density at radius 3 is 2.87 bits per heavy atom. The summed E-state index contributed by atoms with van der Waals surface area (Å²) in [5.74, 6) is 0.772. The standard InChI is InChI=1S/C12H17NO2/c1-3-6-11(13)10-7-4-5-8-12(10)15-9-14-2/h3-5,7-8,11H,1,6,9,13H2,2H3/t11-/m0/s1. The fourth-order valence-corrected chi connectivity index (χ4v) is 1.35. The second-order valence-corrected chi connectivity index (χ2v) is 3.22. The number of para-hydroxylation sites is 1. The maximum absolute atomic E-state index is 5.99. The van der Waals surface area contributed by atoms with Gasteiger partial charge in [-0.15, -0.1) is 6.58 Å². The summed E-state index contributed by atoms with van der Waals surface area (Å²) in [6.07, 6.45) is 2.53. The smallest absolute Gasteiger partial charge is 0.188 e. The summed E-state index contributed by atoms with van der Waals surface area (Å²) >= 11 is 0. The van der Waals surface area contributed by atoms with Crippen molar-refractivity contribution in [1.82, 2.24) is 0 Å². The van der Waals surface area contributed by atoms with Gasteiger partial charge >= 0.3 is 0 Å². The number of ether oxygens (including phenoxy) is 2. The lowest BCUT2D eigenvalue weighted by atomic mass is 10.0. The average Bonchev–Trinajstić information content (AvgIpc) is 2.27. The van der Waals surface area contributed by atoms with E-state index in [-0.39, 0.29) is 12.8 Å². The summed E-state index contributed by atoms with van der Waals surface area (Å²) in [5.41, 5.74) is 6.97. The van der Waals surface area contributed by atoms with Gasteiger partial charge in [-0.1, -0.05) is 24.3 Å². The first-order valence-electron chi connectivity index (χ1n) is 4.86. The average molecular weight is 207 g/mol. The first-order chi connectivity index (χ1) is 7.29. The van der Waals surface area contributed by atoms with Crippen molar-refractivity contribution >= 4 is 0 Å². The molecule has 0 bridgehead atoms. The van der Waals surface area contributed by atoms with Crippen LogP contribution in [0, 0.1) is 0 Å². The minimum atomic E-state index is -0.0736. The summed E-state index contributed by atoms with van der Waals surface area (Å²) in [7, 11) is 1.59. The quantitative estimate of drug-likeness (QED) is 0.574. The van der Waals surface area contributed by atoms with Crippen LogP contribution >= 0.6 is 0 Å². The molecule has 2 N–H and O–H groups in total. The van der Waals surface area contributed by atoms with E-state index in [0.29, 0.717) is 0 Å². The normalized spacial score (nSPS) is 12.1. The molecule has 0 aliphatic rings. The summed E-state index contributed by atoms with van der Waals surface area (Å²) in [4.78, 5) is 0. The minimum absolute atomic E-state index is 0.0736. The fourth-order valence-electron chi connectivity index (χ4n) is 1.35. The molecule has 0 saturated heterocycles. The third-order valence-corrected chi connectivity index (χ3v) is 2.07. The molecule has 3 nitrogen and oxygen atoms in total. The molecule has 0 saturated carbocycles. The number of nitrogens with two attached hydrogens (primary N) is 1. The number of hydrogen-bond donors (Lipinski definition) is 1. The Morgan fingerprint density at radius 2 is 2.20 bits per heavy atom. The number of hydrogen-bond acceptors (Lipinski definition) is 3. The van der Waals surface area contributed by atoms with E-state index in [0.717, 1.165) is 17.7 Å². The molecule has 0 aliphatic carbocycles. The Morgan fingerprint density at radius 1 is 1.47 bits per heavy atom. The molecule has 15 heavy (non-hydrogen) atoms. The fraction of sp³-hybridized carbons (Fsp3) is 0.333. The molecule has 0 heterocycles. The maximum Gasteiger partial charge on any atom is 0.188 e. The van der Waals surface area contributed by atoms with Crippen LogP contribution in [0.1, 0.15) is 18.0 Å². The summed E-state index contributed by atoms with van der Waals surface area (Å²) in [6, 6.07) is 7.62. The van der Waals surface area contributed by atoms with Crippen molar-refractivity contribution in [2.75, 3.05) is 13.9 Å². The van der Waals surface area contributed by atoms with E-state index >= 15 is 0 Å². The second-order valence-electron chi connectivity index (χ2n) is 3.22. The Labute approximate surface area is 90.5 Å². The van der Waals surface area contributed by atoms with E-state index in [4.69, 9.17) is 15.2 Å². The van der Waals surface area contributed by atoms with E-state index in [2.05, 4.69) is 6.58 Å². The second kappa shape index (κ2) is 6.22. The van der Waals surface area contributed by atoms with Crippen molar-refractivity contribution in [3.05, 3.63) is 42.5 Å². The number of benzene rings is 1. The molecule has 0 amide bonds. The van der Waals surface area contributed by atoms with Gasteiger partial charge in [0.15, 0.2) is 6.79 Å². The van der Waals surface area contributed by atoms with Gasteiger partial charge in [-0.2, -0.15) is 0 Å². The molecule has 0 aromatic heterocycles. The zero-order valence-corrected chi connectivity index (χ0v) is 8.98. The van der Waals surface area contributed by atoms with Crippen molar-refractivity contribution in [2.45, 2.75) is 12.5 Å². The van der Waals surface area contributed by atoms with Gasteiger partial charge in [0, 0.05) is 18.7 Å². The molecule has 0 aliphatic heterocycles. The minimum Gasteiger partial charge on any atom is -0.467 e. The Hall–Kier alpha value is -1.32. The van der Waals surface area contributed by atoms with Crippen LogP contribution in [-0.2, 0) is 4.74 Å². The highest BCUT2D eigenvalue weighted by Gasteiger charge is 2.09. The molecule has 3 heteroatoms. The summed E-state index contributed by atoms with van der Waals surface area (Å²) in [6.45, 7) is 3.91. The van der Waals surface area contributed by atoms with Crippen LogP contribution < -0.4 is 10.5 Å². The highest BCUT2D eigenvalue weighted by atomic mass is 16.7. The first-order valence-corrected chi connectivity index (χ1v) is 4.86. The van der Waals surface area contributed by atoms with E-state index in [1.54, 1.807) is 13.2 Å². The lowest BCUT2D eigenvalue weighted by molar-refractivity contribution is 0.0502. The first kappa shape index (κ1) is 11.8. The number of rotatable bonds is 6. The van der Waals surface area contributed by atoms with E-state index in [1.165, 1.54) is 0 Å². The van der Waals surface area contributed by atoms with Crippen molar-refractivity contribution in [3.63, 3.8) is 0 Å². The molecule has 0 fully saturated rings.